The fourth-order valence-corrected chi connectivity index (χ4v) is 1.81. The molecule has 2 atom stereocenters. The summed E-state index contributed by atoms with van der Waals surface area (Å²) in [6, 6.07) is -0.406. The monoisotopic (exact) mass is 243 g/mol. The van der Waals surface area contributed by atoms with Crippen LogP contribution >= 0.6 is 0 Å². The highest BCUT2D eigenvalue weighted by molar-refractivity contribution is 5.89. The molecule has 1 heterocycles. The summed E-state index contributed by atoms with van der Waals surface area (Å²) in [5.41, 5.74) is 5.46. The quantitative estimate of drug-likeness (QED) is 0.326. The maximum Gasteiger partial charge on any atom is 0.225 e. The maximum atomic E-state index is 11.9. The second kappa shape index (κ2) is 6.44. The lowest BCUT2D eigenvalue weighted by atomic mass is 10.1. The van der Waals surface area contributed by atoms with Crippen molar-refractivity contribution in [2.75, 3.05) is 13.7 Å². The number of nitrogens with two attached hydrogens (primary N) is 1. The summed E-state index contributed by atoms with van der Waals surface area (Å²) >= 11 is 0. The van der Waals surface area contributed by atoms with Crippen LogP contribution in [-0.4, -0.2) is 47.7 Å². The number of carbonyl (C=O) groups excluding carboxylic acids is 1. The van der Waals surface area contributed by atoms with E-state index in [0.29, 0.717) is 6.42 Å². The van der Waals surface area contributed by atoms with E-state index < -0.39 is 6.04 Å². The van der Waals surface area contributed by atoms with E-state index in [1.54, 1.807) is 14.0 Å². The van der Waals surface area contributed by atoms with Crippen molar-refractivity contribution >= 4 is 11.7 Å². The minimum absolute atomic E-state index is 0.0122. The van der Waals surface area contributed by atoms with Gasteiger partial charge in [0.05, 0.1) is 18.6 Å². The van der Waals surface area contributed by atoms with Crippen molar-refractivity contribution in [2.45, 2.75) is 44.8 Å². The zero-order valence-corrected chi connectivity index (χ0v) is 10.4. The normalized spacial score (nSPS) is 23.2. The lowest BCUT2D eigenvalue weighted by molar-refractivity contribution is -0.134. The van der Waals surface area contributed by atoms with Gasteiger partial charge in [-0.25, -0.2) is 0 Å². The van der Waals surface area contributed by atoms with Gasteiger partial charge in [0, 0.05) is 13.7 Å². The van der Waals surface area contributed by atoms with E-state index in [-0.39, 0.29) is 17.8 Å². The SMILES string of the molecule is CC(C(N)=NO)N(C)C(=O)CC1CCCCO1. The van der Waals surface area contributed by atoms with E-state index in [0.717, 1.165) is 25.9 Å². The lowest BCUT2D eigenvalue weighted by Gasteiger charge is -2.27. The van der Waals surface area contributed by atoms with Gasteiger partial charge in [-0.2, -0.15) is 0 Å². The Hall–Kier alpha value is -1.30. The first-order valence-electron chi connectivity index (χ1n) is 5.91. The Morgan fingerprint density at radius 3 is 2.88 bits per heavy atom. The van der Waals surface area contributed by atoms with Gasteiger partial charge in [0.2, 0.25) is 5.91 Å². The number of nitrogens with zero attached hydrogens (tertiary/aromatic N) is 2. The van der Waals surface area contributed by atoms with E-state index in [2.05, 4.69) is 5.16 Å². The number of oxime groups is 1. The Morgan fingerprint density at radius 1 is 1.65 bits per heavy atom. The van der Waals surface area contributed by atoms with Crippen LogP contribution < -0.4 is 5.73 Å². The highest BCUT2D eigenvalue weighted by Crippen LogP contribution is 2.16. The number of ether oxygens (including phenoxy) is 1. The third-order valence-corrected chi connectivity index (χ3v) is 3.19. The molecule has 3 N–H and O–H groups in total. The van der Waals surface area contributed by atoms with Crippen LogP contribution in [-0.2, 0) is 9.53 Å². The average molecular weight is 243 g/mol. The predicted molar refractivity (Wildman–Crippen MR) is 63.8 cm³/mol. The molecule has 6 nitrogen and oxygen atoms in total. The Kier molecular flexibility index (Phi) is 5.21. The van der Waals surface area contributed by atoms with E-state index in [1.165, 1.54) is 4.90 Å². The first-order valence-corrected chi connectivity index (χ1v) is 5.91. The summed E-state index contributed by atoms with van der Waals surface area (Å²) in [7, 11) is 1.65. The van der Waals surface area contributed by atoms with E-state index in [1.807, 2.05) is 0 Å². The fourth-order valence-electron chi connectivity index (χ4n) is 1.81. The molecule has 0 saturated carbocycles. The van der Waals surface area contributed by atoms with Gasteiger partial charge >= 0.3 is 0 Å². The van der Waals surface area contributed by atoms with Gasteiger partial charge in [0.25, 0.3) is 0 Å². The predicted octanol–water partition coefficient (Wildman–Crippen LogP) is 0.539. The maximum absolute atomic E-state index is 11.9. The lowest BCUT2D eigenvalue weighted by Crippen LogP contribution is -2.45. The second-order valence-corrected chi connectivity index (χ2v) is 4.40. The number of hydrogen-bond acceptors (Lipinski definition) is 4. The number of amides is 1. The Balaban J connectivity index is 2.45. The van der Waals surface area contributed by atoms with Crippen molar-refractivity contribution in [3.63, 3.8) is 0 Å². The van der Waals surface area contributed by atoms with Crippen LogP contribution in [0.4, 0.5) is 0 Å². The summed E-state index contributed by atoms with van der Waals surface area (Å²) in [5.74, 6) is -0.0126. The van der Waals surface area contributed by atoms with Crippen molar-refractivity contribution in [3.8, 4) is 0 Å². The smallest absolute Gasteiger partial charge is 0.225 e. The van der Waals surface area contributed by atoms with Crippen LogP contribution in [0.2, 0.25) is 0 Å². The molecule has 98 valence electrons. The van der Waals surface area contributed by atoms with Crippen molar-refractivity contribution < 1.29 is 14.7 Å². The topological polar surface area (TPSA) is 88.2 Å². The van der Waals surface area contributed by atoms with Gasteiger partial charge < -0.3 is 20.6 Å². The number of carbonyl (C=O) groups is 1. The highest BCUT2D eigenvalue weighted by Gasteiger charge is 2.23. The minimum Gasteiger partial charge on any atom is -0.409 e. The average Bonchev–Trinajstić information content (AvgIpc) is 2.37. The zero-order valence-electron chi connectivity index (χ0n) is 10.4. The Morgan fingerprint density at radius 2 is 2.35 bits per heavy atom. The van der Waals surface area contributed by atoms with Gasteiger partial charge in [-0.05, 0) is 26.2 Å². The molecule has 1 aliphatic heterocycles. The summed E-state index contributed by atoms with van der Waals surface area (Å²) in [6.07, 6.45) is 3.48. The van der Waals surface area contributed by atoms with E-state index in [4.69, 9.17) is 15.7 Å². The van der Waals surface area contributed by atoms with Crippen molar-refractivity contribution in [1.82, 2.24) is 4.90 Å². The molecule has 1 fully saturated rings. The molecule has 1 rings (SSSR count). The van der Waals surface area contributed by atoms with Gasteiger partial charge in [0.1, 0.15) is 0 Å². The van der Waals surface area contributed by atoms with Crippen molar-refractivity contribution in [2.24, 2.45) is 10.9 Å². The van der Waals surface area contributed by atoms with Gasteiger partial charge in [0.15, 0.2) is 5.84 Å². The van der Waals surface area contributed by atoms with Gasteiger partial charge in [-0.3, -0.25) is 4.79 Å². The second-order valence-electron chi connectivity index (χ2n) is 4.40. The minimum atomic E-state index is -0.406. The number of hydrogen-bond donors (Lipinski definition) is 2. The molecule has 0 aromatic heterocycles. The summed E-state index contributed by atoms with van der Waals surface area (Å²) in [4.78, 5) is 13.4. The first kappa shape index (κ1) is 13.8. The van der Waals surface area contributed by atoms with E-state index >= 15 is 0 Å². The van der Waals surface area contributed by atoms with Crippen LogP contribution in [0.3, 0.4) is 0 Å². The van der Waals surface area contributed by atoms with Crippen LogP contribution in [0.1, 0.15) is 32.6 Å². The van der Waals surface area contributed by atoms with Gasteiger partial charge in [-0.15, -0.1) is 0 Å². The van der Waals surface area contributed by atoms with Crippen LogP contribution in [0.5, 0.6) is 0 Å². The molecule has 0 bridgehead atoms. The standard InChI is InChI=1S/C11H21N3O3/c1-8(11(12)13-16)14(2)10(15)7-9-5-3-4-6-17-9/h8-9,16H,3-7H2,1-2H3,(H2,12,13). The fraction of sp³-hybridized carbons (Fsp3) is 0.818. The molecular formula is C11H21N3O3. The van der Waals surface area contributed by atoms with Crippen LogP contribution in [0.15, 0.2) is 5.16 Å². The molecular weight excluding hydrogens is 222 g/mol. The number of amidine groups is 1. The molecule has 1 aliphatic rings. The summed E-state index contributed by atoms with van der Waals surface area (Å²) in [6.45, 7) is 2.45. The molecule has 0 aliphatic carbocycles. The molecule has 17 heavy (non-hydrogen) atoms. The first-order chi connectivity index (χ1) is 8.06. The largest absolute Gasteiger partial charge is 0.409 e. The Bertz CT molecular complexity index is 288. The third kappa shape index (κ3) is 3.89. The van der Waals surface area contributed by atoms with Crippen LogP contribution in [0.25, 0.3) is 0 Å². The molecule has 1 amide bonds. The molecule has 0 spiro atoms. The highest BCUT2D eigenvalue weighted by atomic mass is 16.5. The number of likely N-dealkylation sites (N-methyl/N-ethyl adjacent to an activating group) is 1. The number of rotatable bonds is 4. The summed E-state index contributed by atoms with van der Waals surface area (Å²) < 4.78 is 5.51. The van der Waals surface area contributed by atoms with Crippen molar-refractivity contribution in [1.29, 1.82) is 0 Å². The van der Waals surface area contributed by atoms with Crippen LogP contribution in [0, 0.1) is 0 Å². The molecule has 6 heteroatoms. The third-order valence-electron chi connectivity index (χ3n) is 3.19. The molecule has 0 aromatic carbocycles. The zero-order chi connectivity index (χ0) is 12.8. The molecule has 2 unspecified atom stereocenters. The molecule has 0 aromatic rings. The summed E-state index contributed by atoms with van der Waals surface area (Å²) in [5, 5.41) is 11.5. The molecule has 1 saturated heterocycles. The van der Waals surface area contributed by atoms with Gasteiger partial charge in [-0.1, -0.05) is 5.16 Å². The van der Waals surface area contributed by atoms with E-state index in [9.17, 15) is 4.79 Å². The Labute approximate surface area is 101 Å². The molecule has 0 radical (unpaired) electrons. The van der Waals surface area contributed by atoms with Crippen molar-refractivity contribution in [3.05, 3.63) is 0 Å².